The number of likely N-dealkylation sites (tertiary alicyclic amines) is 1. The second kappa shape index (κ2) is 9.88. The van der Waals surface area contributed by atoms with E-state index in [4.69, 9.17) is 0 Å². The lowest BCUT2D eigenvalue weighted by atomic mass is 9.93. The first-order valence-corrected chi connectivity index (χ1v) is 9.69. The summed E-state index contributed by atoms with van der Waals surface area (Å²) in [7, 11) is 2.17. The van der Waals surface area contributed by atoms with Crippen molar-refractivity contribution in [3.05, 3.63) is 64.8 Å². The van der Waals surface area contributed by atoms with E-state index in [2.05, 4.69) is 37.8 Å². The Hall–Kier alpha value is -1.40. The fraction of sp³-hybridized carbons (Fsp3) is 0.286. The summed E-state index contributed by atoms with van der Waals surface area (Å²) < 4.78 is 14.5. The van der Waals surface area contributed by atoms with Crippen molar-refractivity contribution in [1.29, 1.82) is 0 Å². The maximum Gasteiger partial charge on any atom is 0.123 e. The Balaban J connectivity index is 0.00000140. The van der Waals surface area contributed by atoms with E-state index in [-0.39, 0.29) is 30.6 Å². The molecule has 1 N–H and O–H groups in total. The van der Waals surface area contributed by atoms with Gasteiger partial charge in [-0.1, -0.05) is 0 Å². The van der Waals surface area contributed by atoms with Crippen LogP contribution in [0.1, 0.15) is 24.5 Å². The van der Waals surface area contributed by atoms with Crippen LogP contribution in [0, 0.1) is 5.82 Å². The SMILES string of the molecule is CN1CCC(c2[nH]c(-c3ccc(F)cc3)c(-c3ccncc3)c2Br)CC1.Cl.Cl. The van der Waals surface area contributed by atoms with Crippen molar-refractivity contribution in [3.63, 3.8) is 0 Å². The highest BCUT2D eigenvalue weighted by Gasteiger charge is 2.26. The van der Waals surface area contributed by atoms with E-state index >= 15 is 0 Å². The topological polar surface area (TPSA) is 31.9 Å². The van der Waals surface area contributed by atoms with E-state index in [9.17, 15) is 4.39 Å². The van der Waals surface area contributed by atoms with Crippen LogP contribution in [0.5, 0.6) is 0 Å². The summed E-state index contributed by atoms with van der Waals surface area (Å²) in [5, 5.41) is 0. The van der Waals surface area contributed by atoms with Gasteiger partial charge in [-0.15, -0.1) is 24.8 Å². The Labute approximate surface area is 185 Å². The summed E-state index contributed by atoms with van der Waals surface area (Å²) in [6, 6.07) is 10.7. The maximum atomic E-state index is 13.4. The standard InChI is InChI=1S/C21H21BrFN3.2ClH/c1-26-12-8-16(9-13-26)21-19(22)18(14-6-10-24-11-7-14)20(25-21)15-2-4-17(23)5-3-15;;/h2-7,10-11,16,25H,8-9,12-13H2,1H3;2*1H. The quantitative estimate of drug-likeness (QED) is 0.471. The molecule has 3 nitrogen and oxygen atoms in total. The number of rotatable bonds is 3. The van der Waals surface area contributed by atoms with E-state index in [0.29, 0.717) is 5.92 Å². The number of benzene rings is 1. The van der Waals surface area contributed by atoms with Gasteiger partial charge in [-0.3, -0.25) is 4.98 Å². The van der Waals surface area contributed by atoms with Crippen LogP contribution >= 0.6 is 40.7 Å². The molecule has 0 saturated carbocycles. The van der Waals surface area contributed by atoms with Crippen LogP contribution in [0.3, 0.4) is 0 Å². The lowest BCUT2D eigenvalue weighted by molar-refractivity contribution is 0.253. The van der Waals surface area contributed by atoms with E-state index in [1.807, 2.05) is 24.3 Å². The van der Waals surface area contributed by atoms with Crippen molar-refractivity contribution in [2.24, 2.45) is 0 Å². The van der Waals surface area contributed by atoms with Gasteiger partial charge in [0.15, 0.2) is 0 Å². The molecule has 3 heterocycles. The minimum absolute atomic E-state index is 0. The minimum atomic E-state index is -0.222. The first kappa shape index (κ1) is 22.9. The van der Waals surface area contributed by atoms with Crippen LogP contribution in [0.2, 0.25) is 0 Å². The predicted octanol–water partition coefficient (Wildman–Crippen LogP) is 6.30. The number of hydrogen-bond acceptors (Lipinski definition) is 2. The summed E-state index contributed by atoms with van der Waals surface area (Å²) in [6.45, 7) is 2.21. The first-order chi connectivity index (χ1) is 12.6. The van der Waals surface area contributed by atoms with Gasteiger partial charge in [0, 0.05) is 34.0 Å². The van der Waals surface area contributed by atoms with Crippen molar-refractivity contribution in [2.45, 2.75) is 18.8 Å². The van der Waals surface area contributed by atoms with E-state index in [1.165, 1.54) is 17.8 Å². The Morgan fingerprint density at radius 1 is 1.00 bits per heavy atom. The molecular weight excluding hydrogens is 464 g/mol. The van der Waals surface area contributed by atoms with Gasteiger partial charge in [0.05, 0.1) is 5.69 Å². The van der Waals surface area contributed by atoms with Crippen LogP contribution in [0.15, 0.2) is 53.3 Å². The third-order valence-electron chi connectivity index (χ3n) is 5.19. The fourth-order valence-electron chi connectivity index (χ4n) is 3.70. The number of pyridine rings is 1. The highest BCUT2D eigenvalue weighted by molar-refractivity contribution is 9.10. The largest absolute Gasteiger partial charge is 0.357 e. The predicted molar refractivity (Wildman–Crippen MR) is 121 cm³/mol. The molecule has 4 rings (SSSR count). The van der Waals surface area contributed by atoms with Gasteiger partial charge in [-0.25, -0.2) is 4.39 Å². The number of nitrogens with one attached hydrogen (secondary N) is 1. The maximum absolute atomic E-state index is 13.4. The van der Waals surface area contributed by atoms with Crippen molar-refractivity contribution >= 4 is 40.7 Å². The van der Waals surface area contributed by atoms with Gasteiger partial charge in [0.1, 0.15) is 5.82 Å². The van der Waals surface area contributed by atoms with Gasteiger partial charge in [-0.2, -0.15) is 0 Å². The zero-order valence-corrected chi connectivity index (χ0v) is 18.7. The summed E-state index contributed by atoms with van der Waals surface area (Å²) in [5.74, 6) is 0.274. The molecule has 1 aliphatic rings. The molecule has 28 heavy (non-hydrogen) atoms. The molecular formula is C21H23BrCl2FN3. The van der Waals surface area contributed by atoms with E-state index in [1.54, 1.807) is 12.4 Å². The molecule has 0 amide bonds. The van der Waals surface area contributed by atoms with Gasteiger partial charge < -0.3 is 9.88 Å². The molecule has 2 aromatic heterocycles. The third-order valence-corrected chi connectivity index (χ3v) is 6.02. The van der Waals surface area contributed by atoms with Crippen LogP contribution < -0.4 is 0 Å². The number of aromatic amines is 1. The summed E-state index contributed by atoms with van der Waals surface area (Å²) in [5.41, 5.74) is 5.47. The minimum Gasteiger partial charge on any atom is -0.357 e. The average Bonchev–Trinajstić information content (AvgIpc) is 3.01. The van der Waals surface area contributed by atoms with Gasteiger partial charge in [-0.05, 0) is 96.4 Å². The van der Waals surface area contributed by atoms with Crippen LogP contribution in [0.25, 0.3) is 22.4 Å². The molecule has 0 aliphatic carbocycles. The lowest BCUT2D eigenvalue weighted by Gasteiger charge is -2.28. The molecule has 3 aromatic rings. The monoisotopic (exact) mass is 485 g/mol. The number of aromatic nitrogens is 2. The molecule has 1 saturated heterocycles. The zero-order chi connectivity index (χ0) is 18.1. The first-order valence-electron chi connectivity index (χ1n) is 8.89. The number of piperidine rings is 1. The third kappa shape index (κ3) is 4.60. The van der Waals surface area contributed by atoms with E-state index < -0.39 is 0 Å². The normalized spacial score (nSPS) is 15.0. The number of hydrogen-bond donors (Lipinski definition) is 1. The second-order valence-electron chi connectivity index (χ2n) is 6.92. The van der Waals surface area contributed by atoms with Crippen molar-refractivity contribution in [2.75, 3.05) is 20.1 Å². The molecule has 1 fully saturated rings. The number of halogens is 4. The van der Waals surface area contributed by atoms with Gasteiger partial charge in [0.2, 0.25) is 0 Å². The van der Waals surface area contributed by atoms with Crippen molar-refractivity contribution < 1.29 is 4.39 Å². The van der Waals surface area contributed by atoms with Gasteiger partial charge >= 0.3 is 0 Å². The second-order valence-corrected chi connectivity index (χ2v) is 7.72. The summed E-state index contributed by atoms with van der Waals surface area (Å²) in [6.07, 6.45) is 5.87. The Morgan fingerprint density at radius 2 is 1.61 bits per heavy atom. The molecule has 1 aliphatic heterocycles. The number of H-pyrrole nitrogens is 1. The molecule has 0 atom stereocenters. The molecule has 1 aromatic carbocycles. The van der Waals surface area contributed by atoms with Crippen LogP contribution in [-0.2, 0) is 0 Å². The average molecular weight is 487 g/mol. The molecule has 150 valence electrons. The highest BCUT2D eigenvalue weighted by Crippen LogP contribution is 2.44. The Morgan fingerprint density at radius 3 is 2.21 bits per heavy atom. The number of nitrogens with zero attached hydrogens (tertiary/aromatic N) is 2. The van der Waals surface area contributed by atoms with Crippen molar-refractivity contribution in [3.8, 4) is 22.4 Å². The molecule has 0 radical (unpaired) electrons. The van der Waals surface area contributed by atoms with E-state index in [0.717, 1.165) is 52.8 Å². The molecule has 0 bridgehead atoms. The molecule has 0 spiro atoms. The highest BCUT2D eigenvalue weighted by atomic mass is 79.9. The smallest absolute Gasteiger partial charge is 0.123 e. The van der Waals surface area contributed by atoms with Crippen LogP contribution in [0.4, 0.5) is 4.39 Å². The van der Waals surface area contributed by atoms with Crippen LogP contribution in [-0.4, -0.2) is 35.0 Å². The summed E-state index contributed by atoms with van der Waals surface area (Å²) in [4.78, 5) is 10.2. The van der Waals surface area contributed by atoms with Crippen molar-refractivity contribution in [1.82, 2.24) is 14.9 Å². The zero-order valence-electron chi connectivity index (χ0n) is 15.5. The van der Waals surface area contributed by atoms with Gasteiger partial charge in [0.25, 0.3) is 0 Å². The fourth-order valence-corrected chi connectivity index (χ4v) is 4.55. The Kier molecular flexibility index (Phi) is 8.07. The Bertz CT molecular complexity index is 892. The summed E-state index contributed by atoms with van der Waals surface area (Å²) >= 11 is 3.86. The molecule has 7 heteroatoms. The molecule has 0 unspecified atom stereocenters. The lowest BCUT2D eigenvalue weighted by Crippen LogP contribution is -2.29.